The SMILES string of the molecule is COc1cc(Br)ccc1[C@H](N1CCNCC1)C(F)(F)CO.Cl. The summed E-state index contributed by atoms with van der Waals surface area (Å²) in [6.07, 6.45) is 0. The van der Waals surface area contributed by atoms with E-state index in [4.69, 9.17) is 9.84 Å². The van der Waals surface area contributed by atoms with Crippen molar-refractivity contribution in [1.29, 1.82) is 0 Å². The minimum absolute atomic E-state index is 0. The molecule has 1 heterocycles. The van der Waals surface area contributed by atoms with E-state index in [0.717, 1.165) is 4.47 Å². The Bertz CT molecular complexity index is 488. The van der Waals surface area contributed by atoms with Crippen molar-refractivity contribution in [2.45, 2.75) is 12.0 Å². The van der Waals surface area contributed by atoms with Gasteiger partial charge in [-0.3, -0.25) is 4.90 Å². The lowest BCUT2D eigenvalue weighted by Crippen LogP contribution is -2.51. The van der Waals surface area contributed by atoms with Crippen LogP contribution in [0.15, 0.2) is 22.7 Å². The molecule has 1 saturated heterocycles. The van der Waals surface area contributed by atoms with Crippen LogP contribution >= 0.6 is 28.3 Å². The number of alkyl halides is 2. The van der Waals surface area contributed by atoms with Crippen LogP contribution in [0.5, 0.6) is 5.75 Å². The van der Waals surface area contributed by atoms with E-state index in [9.17, 15) is 8.78 Å². The first-order chi connectivity index (χ1) is 9.99. The summed E-state index contributed by atoms with van der Waals surface area (Å²) in [4.78, 5) is 1.69. The summed E-state index contributed by atoms with van der Waals surface area (Å²) < 4.78 is 34.7. The average molecular weight is 402 g/mol. The van der Waals surface area contributed by atoms with Crippen LogP contribution in [0, 0.1) is 0 Å². The van der Waals surface area contributed by atoms with Crippen LogP contribution in [0.25, 0.3) is 0 Å². The van der Waals surface area contributed by atoms with Gasteiger partial charge in [0.05, 0.1) is 7.11 Å². The Labute approximate surface area is 143 Å². The van der Waals surface area contributed by atoms with Crippen molar-refractivity contribution in [3.8, 4) is 5.75 Å². The van der Waals surface area contributed by atoms with Crippen molar-refractivity contribution < 1.29 is 18.6 Å². The van der Waals surface area contributed by atoms with Gasteiger partial charge in [0.1, 0.15) is 18.4 Å². The maximum Gasteiger partial charge on any atom is 0.290 e. The first-order valence-electron chi connectivity index (χ1n) is 6.76. The fraction of sp³-hybridized carbons (Fsp3) is 0.571. The highest BCUT2D eigenvalue weighted by atomic mass is 79.9. The second-order valence-corrected chi connectivity index (χ2v) is 5.91. The van der Waals surface area contributed by atoms with Crippen LogP contribution < -0.4 is 10.1 Å². The van der Waals surface area contributed by atoms with Crippen molar-refractivity contribution >= 4 is 28.3 Å². The molecule has 4 nitrogen and oxygen atoms in total. The Morgan fingerprint density at radius 3 is 2.59 bits per heavy atom. The molecule has 1 aliphatic heterocycles. The molecule has 0 aromatic heterocycles. The van der Waals surface area contributed by atoms with E-state index in [1.54, 1.807) is 23.1 Å². The number of aliphatic hydroxyl groups is 1. The largest absolute Gasteiger partial charge is 0.496 e. The normalized spacial score (nSPS) is 17.7. The van der Waals surface area contributed by atoms with E-state index in [1.807, 2.05) is 0 Å². The van der Waals surface area contributed by atoms with Crippen molar-refractivity contribution in [3.63, 3.8) is 0 Å². The van der Waals surface area contributed by atoms with Crippen molar-refractivity contribution in [3.05, 3.63) is 28.2 Å². The monoisotopic (exact) mass is 400 g/mol. The zero-order valence-corrected chi connectivity index (χ0v) is 14.6. The zero-order chi connectivity index (χ0) is 15.5. The van der Waals surface area contributed by atoms with Gasteiger partial charge in [0.2, 0.25) is 0 Å². The predicted molar refractivity (Wildman–Crippen MR) is 87.2 cm³/mol. The highest BCUT2D eigenvalue weighted by Crippen LogP contribution is 2.41. The number of methoxy groups -OCH3 is 1. The summed E-state index contributed by atoms with van der Waals surface area (Å²) in [5.41, 5.74) is 0.390. The summed E-state index contributed by atoms with van der Waals surface area (Å²) in [6, 6.07) is 3.80. The van der Waals surface area contributed by atoms with E-state index >= 15 is 0 Å². The van der Waals surface area contributed by atoms with Gasteiger partial charge in [0, 0.05) is 36.2 Å². The molecule has 0 radical (unpaired) electrons. The maximum atomic E-state index is 14.3. The van der Waals surface area contributed by atoms with Crippen LogP contribution in [0.4, 0.5) is 8.78 Å². The minimum atomic E-state index is -3.24. The summed E-state index contributed by atoms with van der Waals surface area (Å²) in [7, 11) is 1.46. The third-order valence-corrected chi connectivity index (χ3v) is 4.11. The molecule has 0 saturated carbocycles. The Kier molecular flexibility index (Phi) is 7.48. The number of benzene rings is 1. The summed E-state index contributed by atoms with van der Waals surface area (Å²) in [5.74, 6) is -2.85. The van der Waals surface area contributed by atoms with E-state index in [1.165, 1.54) is 7.11 Å². The van der Waals surface area contributed by atoms with Crippen LogP contribution in [0.3, 0.4) is 0 Å². The molecule has 0 amide bonds. The van der Waals surface area contributed by atoms with Gasteiger partial charge in [-0.05, 0) is 12.1 Å². The fourth-order valence-corrected chi connectivity index (χ4v) is 2.97. The lowest BCUT2D eigenvalue weighted by Gasteiger charge is -2.39. The second-order valence-electron chi connectivity index (χ2n) is 4.99. The minimum Gasteiger partial charge on any atom is -0.496 e. The maximum absolute atomic E-state index is 14.3. The van der Waals surface area contributed by atoms with Crippen LogP contribution in [-0.4, -0.2) is 55.8 Å². The summed E-state index contributed by atoms with van der Waals surface area (Å²) in [5, 5.41) is 12.3. The average Bonchev–Trinajstić information content (AvgIpc) is 2.50. The van der Waals surface area contributed by atoms with Crippen molar-refractivity contribution in [1.82, 2.24) is 10.2 Å². The molecule has 0 spiro atoms. The molecule has 0 unspecified atom stereocenters. The fourth-order valence-electron chi connectivity index (χ4n) is 2.63. The standard InChI is InChI=1S/C14H19BrF2N2O2.ClH/c1-21-12-8-10(15)2-3-11(12)13(14(16,17)9-20)19-6-4-18-5-7-19;/h2-3,8,13,18,20H,4-7,9H2,1H3;1H/t13-;/m0./s1. The van der Waals surface area contributed by atoms with E-state index in [0.29, 0.717) is 37.5 Å². The smallest absolute Gasteiger partial charge is 0.290 e. The number of ether oxygens (including phenoxy) is 1. The highest BCUT2D eigenvalue weighted by Gasteiger charge is 2.45. The molecule has 1 atom stereocenters. The van der Waals surface area contributed by atoms with Crippen molar-refractivity contribution in [2.75, 3.05) is 39.9 Å². The van der Waals surface area contributed by atoms with E-state index in [2.05, 4.69) is 21.2 Å². The second kappa shape index (κ2) is 8.40. The van der Waals surface area contributed by atoms with Gasteiger partial charge in [-0.15, -0.1) is 12.4 Å². The Balaban J connectivity index is 0.00000242. The van der Waals surface area contributed by atoms with Crippen LogP contribution in [0.2, 0.25) is 0 Å². The Hall–Kier alpha value is -0.470. The Morgan fingerprint density at radius 1 is 1.41 bits per heavy atom. The third kappa shape index (κ3) is 4.29. The molecular weight excluding hydrogens is 382 g/mol. The molecule has 1 aromatic rings. The molecule has 8 heteroatoms. The predicted octanol–water partition coefficient (Wildman–Crippen LogP) is 2.45. The molecule has 1 aliphatic rings. The van der Waals surface area contributed by atoms with E-state index in [-0.39, 0.29) is 12.4 Å². The van der Waals surface area contributed by atoms with Gasteiger partial charge in [0.15, 0.2) is 0 Å². The molecule has 2 N–H and O–H groups in total. The number of nitrogens with one attached hydrogen (secondary N) is 1. The molecular formula is C14H20BrClF2N2O2. The summed E-state index contributed by atoms with van der Waals surface area (Å²) in [6.45, 7) is 1.10. The number of piperazine rings is 1. The molecule has 0 bridgehead atoms. The number of hydrogen-bond donors (Lipinski definition) is 2. The van der Waals surface area contributed by atoms with Gasteiger partial charge < -0.3 is 15.2 Å². The van der Waals surface area contributed by atoms with Crippen LogP contribution in [0.1, 0.15) is 11.6 Å². The van der Waals surface area contributed by atoms with Gasteiger partial charge in [0.25, 0.3) is 5.92 Å². The zero-order valence-electron chi connectivity index (χ0n) is 12.2. The number of rotatable bonds is 5. The van der Waals surface area contributed by atoms with Crippen LogP contribution in [-0.2, 0) is 0 Å². The number of hydrogen-bond acceptors (Lipinski definition) is 4. The molecule has 1 fully saturated rings. The van der Waals surface area contributed by atoms with Gasteiger partial charge in [-0.25, -0.2) is 8.78 Å². The summed E-state index contributed by atoms with van der Waals surface area (Å²) >= 11 is 3.31. The lowest BCUT2D eigenvalue weighted by molar-refractivity contribution is -0.119. The van der Waals surface area contributed by atoms with Gasteiger partial charge in [-0.1, -0.05) is 22.0 Å². The number of halogens is 4. The Morgan fingerprint density at radius 2 is 2.05 bits per heavy atom. The highest BCUT2D eigenvalue weighted by molar-refractivity contribution is 9.10. The first-order valence-corrected chi connectivity index (χ1v) is 7.56. The molecule has 126 valence electrons. The lowest BCUT2D eigenvalue weighted by atomic mass is 9.97. The topological polar surface area (TPSA) is 44.7 Å². The third-order valence-electron chi connectivity index (χ3n) is 3.62. The van der Waals surface area contributed by atoms with Gasteiger partial charge >= 0.3 is 0 Å². The van der Waals surface area contributed by atoms with Gasteiger partial charge in [-0.2, -0.15) is 0 Å². The first kappa shape index (κ1) is 19.6. The number of nitrogens with zero attached hydrogens (tertiary/aromatic N) is 1. The van der Waals surface area contributed by atoms with Crippen molar-refractivity contribution in [2.24, 2.45) is 0 Å². The molecule has 2 rings (SSSR count). The molecule has 22 heavy (non-hydrogen) atoms. The molecule has 1 aromatic carbocycles. The number of aliphatic hydroxyl groups excluding tert-OH is 1. The quantitative estimate of drug-likeness (QED) is 0.795. The molecule has 0 aliphatic carbocycles. The van der Waals surface area contributed by atoms with E-state index < -0.39 is 18.6 Å².